The molecule has 0 radical (unpaired) electrons. The minimum atomic E-state index is 0.238. The molecule has 5 nitrogen and oxygen atoms in total. The summed E-state index contributed by atoms with van der Waals surface area (Å²) in [5, 5.41) is 3.35. The van der Waals surface area contributed by atoms with Gasteiger partial charge >= 0.3 is 0 Å². The van der Waals surface area contributed by atoms with Crippen molar-refractivity contribution in [2.24, 2.45) is 5.92 Å². The highest BCUT2D eigenvalue weighted by atomic mass is 16.5. The summed E-state index contributed by atoms with van der Waals surface area (Å²) in [5.41, 5.74) is 1.01. The zero-order valence-electron chi connectivity index (χ0n) is 12.8. The molecule has 1 atom stereocenters. The third-order valence-electron chi connectivity index (χ3n) is 2.62. The van der Waals surface area contributed by atoms with Crippen molar-refractivity contribution in [3.05, 3.63) is 11.9 Å². The van der Waals surface area contributed by atoms with Crippen molar-refractivity contribution in [2.75, 3.05) is 32.2 Å². The van der Waals surface area contributed by atoms with Crippen LogP contribution in [0.5, 0.6) is 0 Å². The highest BCUT2D eigenvalue weighted by Gasteiger charge is 2.09. The number of nitrogens with one attached hydrogen (secondary N) is 1. The molecule has 0 amide bonds. The number of nitrogens with zero attached hydrogens (tertiary/aromatic N) is 2. The lowest BCUT2D eigenvalue weighted by atomic mass is 10.2. The van der Waals surface area contributed by atoms with Crippen molar-refractivity contribution in [3.8, 4) is 0 Å². The largest absolute Gasteiger partial charge is 0.383 e. The van der Waals surface area contributed by atoms with Crippen molar-refractivity contribution >= 4 is 5.95 Å². The van der Waals surface area contributed by atoms with Crippen LogP contribution < -0.4 is 5.32 Å². The number of hydrogen-bond acceptors (Lipinski definition) is 4. The van der Waals surface area contributed by atoms with Crippen molar-refractivity contribution in [2.45, 2.75) is 40.3 Å². The molecule has 1 rings (SSSR count). The van der Waals surface area contributed by atoms with Crippen molar-refractivity contribution in [1.82, 2.24) is 9.55 Å². The number of hydrogen-bond donors (Lipinski definition) is 1. The highest BCUT2D eigenvalue weighted by molar-refractivity contribution is 5.30. The maximum Gasteiger partial charge on any atom is 0.203 e. The predicted molar refractivity (Wildman–Crippen MR) is 77.6 cm³/mol. The molecular weight excluding hydrogens is 242 g/mol. The summed E-state index contributed by atoms with van der Waals surface area (Å²) in [7, 11) is 1.70. The minimum absolute atomic E-state index is 0.238. The van der Waals surface area contributed by atoms with Gasteiger partial charge in [0, 0.05) is 32.5 Å². The number of rotatable bonds is 9. The summed E-state index contributed by atoms with van der Waals surface area (Å²) in [5.74, 6) is 1.46. The smallest absolute Gasteiger partial charge is 0.203 e. The van der Waals surface area contributed by atoms with E-state index in [-0.39, 0.29) is 6.04 Å². The molecule has 0 aromatic carbocycles. The van der Waals surface area contributed by atoms with Crippen LogP contribution in [0.3, 0.4) is 0 Å². The van der Waals surface area contributed by atoms with Gasteiger partial charge in [-0.25, -0.2) is 4.98 Å². The van der Waals surface area contributed by atoms with Crippen LogP contribution in [-0.2, 0) is 16.0 Å². The maximum atomic E-state index is 5.61. The molecule has 0 aliphatic carbocycles. The molecule has 1 heterocycles. The topological polar surface area (TPSA) is 48.3 Å². The van der Waals surface area contributed by atoms with Crippen LogP contribution in [0.4, 0.5) is 5.95 Å². The molecule has 1 aromatic rings. The molecule has 1 N–H and O–H groups in total. The molecular formula is C14H27N3O2. The van der Waals surface area contributed by atoms with E-state index in [1.54, 1.807) is 7.11 Å². The highest BCUT2D eigenvalue weighted by Crippen LogP contribution is 2.10. The zero-order chi connectivity index (χ0) is 14.3. The Balaban J connectivity index is 2.48. The van der Waals surface area contributed by atoms with E-state index in [0.717, 1.165) is 24.8 Å². The number of aryl methyl sites for hydroxylation is 1. The van der Waals surface area contributed by atoms with Gasteiger partial charge in [-0.1, -0.05) is 13.8 Å². The normalized spacial score (nSPS) is 12.9. The molecule has 0 saturated carbocycles. The first-order valence-electron chi connectivity index (χ1n) is 6.90. The monoisotopic (exact) mass is 269 g/mol. The third kappa shape index (κ3) is 6.07. The minimum Gasteiger partial charge on any atom is -0.383 e. The van der Waals surface area contributed by atoms with Gasteiger partial charge in [0.25, 0.3) is 0 Å². The molecule has 19 heavy (non-hydrogen) atoms. The molecule has 5 heteroatoms. The Morgan fingerprint density at radius 2 is 2.05 bits per heavy atom. The van der Waals surface area contributed by atoms with E-state index in [2.05, 4.69) is 35.6 Å². The quantitative estimate of drug-likeness (QED) is 0.699. The fraction of sp³-hybridized carbons (Fsp3) is 0.786. The fourth-order valence-electron chi connectivity index (χ4n) is 1.83. The lowest BCUT2D eigenvalue weighted by Crippen LogP contribution is -2.23. The predicted octanol–water partition coefficient (Wildman–Crippen LogP) is 2.31. The van der Waals surface area contributed by atoms with Gasteiger partial charge in [-0.2, -0.15) is 0 Å². The summed E-state index contributed by atoms with van der Waals surface area (Å²) in [6.45, 7) is 11.4. The van der Waals surface area contributed by atoms with E-state index < -0.39 is 0 Å². The first kappa shape index (κ1) is 16.0. The van der Waals surface area contributed by atoms with Crippen molar-refractivity contribution in [3.63, 3.8) is 0 Å². The van der Waals surface area contributed by atoms with Crippen LogP contribution >= 0.6 is 0 Å². The van der Waals surface area contributed by atoms with Crippen LogP contribution in [0.25, 0.3) is 0 Å². The summed E-state index contributed by atoms with van der Waals surface area (Å²) in [6.07, 6.45) is 2.04. The second kappa shape index (κ2) is 8.17. The summed E-state index contributed by atoms with van der Waals surface area (Å²) < 4.78 is 12.8. The van der Waals surface area contributed by atoms with Crippen LogP contribution in [-0.4, -0.2) is 42.5 Å². The van der Waals surface area contributed by atoms with Gasteiger partial charge in [-0.15, -0.1) is 0 Å². The Bertz CT molecular complexity index is 364. The van der Waals surface area contributed by atoms with E-state index in [1.807, 2.05) is 13.1 Å². The Labute approximate surface area is 116 Å². The van der Waals surface area contributed by atoms with E-state index in [0.29, 0.717) is 19.1 Å². The Morgan fingerprint density at radius 3 is 2.68 bits per heavy atom. The van der Waals surface area contributed by atoms with Crippen molar-refractivity contribution in [1.29, 1.82) is 0 Å². The molecule has 1 aromatic heterocycles. The number of aromatic nitrogens is 2. The fourth-order valence-corrected chi connectivity index (χ4v) is 1.83. The first-order valence-corrected chi connectivity index (χ1v) is 6.90. The van der Waals surface area contributed by atoms with Crippen LogP contribution in [0, 0.1) is 12.8 Å². The van der Waals surface area contributed by atoms with E-state index in [1.165, 1.54) is 0 Å². The maximum absolute atomic E-state index is 5.61. The van der Waals surface area contributed by atoms with E-state index in [4.69, 9.17) is 9.47 Å². The van der Waals surface area contributed by atoms with E-state index in [9.17, 15) is 0 Å². The molecule has 0 aliphatic rings. The number of methoxy groups -OCH3 is 1. The van der Waals surface area contributed by atoms with Crippen LogP contribution in [0.15, 0.2) is 6.20 Å². The number of ether oxygens (including phenoxy) is 2. The Morgan fingerprint density at radius 1 is 1.32 bits per heavy atom. The Hall–Kier alpha value is -1.07. The summed E-state index contributed by atoms with van der Waals surface area (Å²) in [4.78, 5) is 4.49. The third-order valence-corrected chi connectivity index (χ3v) is 2.62. The molecule has 1 unspecified atom stereocenters. The van der Waals surface area contributed by atoms with Crippen LogP contribution in [0.1, 0.15) is 26.5 Å². The number of imidazole rings is 1. The average Bonchev–Trinajstić information content (AvgIpc) is 2.65. The lowest BCUT2D eigenvalue weighted by Gasteiger charge is -2.15. The van der Waals surface area contributed by atoms with Gasteiger partial charge in [0.15, 0.2) is 0 Å². The Kier molecular flexibility index (Phi) is 6.87. The van der Waals surface area contributed by atoms with Gasteiger partial charge in [-0.3, -0.25) is 0 Å². The summed E-state index contributed by atoms with van der Waals surface area (Å²) in [6, 6.07) is 0.238. The first-order chi connectivity index (χ1) is 9.02. The van der Waals surface area contributed by atoms with Crippen molar-refractivity contribution < 1.29 is 9.47 Å². The van der Waals surface area contributed by atoms with Gasteiger partial charge < -0.3 is 19.4 Å². The zero-order valence-corrected chi connectivity index (χ0v) is 12.8. The molecule has 0 aliphatic heterocycles. The second-order valence-electron chi connectivity index (χ2n) is 5.37. The van der Waals surface area contributed by atoms with Gasteiger partial charge in [-0.05, 0) is 19.8 Å². The molecule has 0 fully saturated rings. The molecule has 0 spiro atoms. The SMILES string of the molecule is COCC(C)Nc1nc(C)cn1CCOCC(C)C. The second-order valence-corrected chi connectivity index (χ2v) is 5.37. The number of anilines is 1. The summed E-state index contributed by atoms with van der Waals surface area (Å²) >= 11 is 0. The molecule has 110 valence electrons. The molecule has 0 bridgehead atoms. The standard InChI is InChI=1S/C14H27N3O2/c1-11(2)9-19-7-6-17-8-12(3)15-14(17)16-13(4)10-18-5/h8,11,13H,6-7,9-10H2,1-5H3,(H,15,16). The van der Waals surface area contributed by atoms with Gasteiger partial charge in [0.05, 0.1) is 18.9 Å². The van der Waals surface area contributed by atoms with E-state index >= 15 is 0 Å². The van der Waals surface area contributed by atoms with Crippen LogP contribution in [0.2, 0.25) is 0 Å². The molecule has 0 saturated heterocycles. The average molecular weight is 269 g/mol. The van der Waals surface area contributed by atoms with Gasteiger partial charge in [0.1, 0.15) is 0 Å². The van der Waals surface area contributed by atoms with Gasteiger partial charge in [0.2, 0.25) is 5.95 Å². The lowest BCUT2D eigenvalue weighted by molar-refractivity contribution is 0.103.